The maximum Gasteiger partial charge on any atom is 0.338 e. The number of hydrogen-bond acceptors (Lipinski definition) is 6. The number of carbonyl (C=O) groups excluding carboxylic acids is 2. The fraction of sp³-hybridized carbons (Fsp3) is 0.222. The number of amides is 1. The van der Waals surface area contributed by atoms with E-state index < -0.39 is 28.5 Å². The Kier molecular flexibility index (Phi) is 6.87. The molecule has 150 valence electrons. The first kappa shape index (κ1) is 21.5. The van der Waals surface area contributed by atoms with Gasteiger partial charge in [-0.3, -0.25) is 9.52 Å². The van der Waals surface area contributed by atoms with E-state index in [2.05, 4.69) is 4.72 Å². The average Bonchev–Trinajstić information content (AvgIpc) is 2.61. The summed E-state index contributed by atoms with van der Waals surface area (Å²) in [4.78, 5) is 22.3. The van der Waals surface area contributed by atoms with Crippen molar-refractivity contribution in [2.24, 2.45) is 5.73 Å². The van der Waals surface area contributed by atoms with Crippen LogP contribution in [0, 0.1) is 6.92 Å². The third-order valence-corrected chi connectivity index (χ3v) is 5.38. The van der Waals surface area contributed by atoms with Gasteiger partial charge < -0.3 is 15.2 Å². The highest BCUT2D eigenvalue weighted by atomic mass is 35.5. The lowest BCUT2D eigenvalue weighted by molar-refractivity contribution is -0.119. The average molecular weight is 427 g/mol. The van der Waals surface area contributed by atoms with Crippen LogP contribution in [0.1, 0.15) is 22.8 Å². The molecule has 1 amide bonds. The molecule has 0 saturated heterocycles. The molecule has 0 heterocycles. The molecule has 0 radical (unpaired) electrons. The summed E-state index contributed by atoms with van der Waals surface area (Å²) in [7, 11) is -4.06. The second-order valence-corrected chi connectivity index (χ2v) is 7.76. The van der Waals surface area contributed by atoms with E-state index >= 15 is 0 Å². The Morgan fingerprint density at radius 3 is 2.39 bits per heavy atom. The molecule has 0 aliphatic carbocycles. The minimum Gasteiger partial charge on any atom is -0.483 e. The van der Waals surface area contributed by atoms with Crippen LogP contribution < -0.4 is 15.2 Å². The predicted molar refractivity (Wildman–Crippen MR) is 104 cm³/mol. The fourth-order valence-electron chi connectivity index (χ4n) is 2.24. The standard InChI is InChI=1S/C18H19ClN2O6S/c1-3-26-18(23)12-4-6-13(7-5-12)21-28(24,25)16-9-15(27-10-17(20)22)11(2)8-14(16)19/h4-9,21H,3,10H2,1-2H3,(H2,20,22). The number of nitrogens with one attached hydrogen (secondary N) is 1. The molecule has 0 bridgehead atoms. The van der Waals surface area contributed by atoms with Crippen LogP contribution in [0.2, 0.25) is 5.02 Å². The normalized spacial score (nSPS) is 11.0. The molecule has 0 unspecified atom stereocenters. The van der Waals surface area contributed by atoms with Crippen LogP contribution in [0.3, 0.4) is 0 Å². The van der Waals surface area contributed by atoms with Crippen molar-refractivity contribution >= 4 is 39.2 Å². The third-order valence-electron chi connectivity index (χ3n) is 3.54. The first-order chi connectivity index (χ1) is 13.1. The van der Waals surface area contributed by atoms with Gasteiger partial charge in [0.1, 0.15) is 10.6 Å². The van der Waals surface area contributed by atoms with Crippen LogP contribution in [-0.4, -0.2) is 33.5 Å². The summed E-state index contributed by atoms with van der Waals surface area (Å²) in [5, 5.41) is -0.0143. The van der Waals surface area contributed by atoms with Crippen molar-refractivity contribution in [3.05, 3.63) is 52.5 Å². The van der Waals surface area contributed by atoms with Gasteiger partial charge in [0.05, 0.1) is 17.2 Å². The van der Waals surface area contributed by atoms with Gasteiger partial charge in [0.2, 0.25) is 0 Å². The van der Waals surface area contributed by atoms with Gasteiger partial charge in [0.15, 0.2) is 6.61 Å². The highest BCUT2D eigenvalue weighted by molar-refractivity contribution is 7.92. The Balaban J connectivity index is 2.27. The van der Waals surface area contributed by atoms with Crippen LogP contribution >= 0.6 is 11.6 Å². The van der Waals surface area contributed by atoms with Crippen LogP contribution in [0.15, 0.2) is 41.3 Å². The molecule has 2 aromatic carbocycles. The van der Waals surface area contributed by atoms with Gasteiger partial charge in [-0.15, -0.1) is 0 Å². The second kappa shape index (κ2) is 8.94. The molecule has 0 aliphatic heterocycles. The SMILES string of the molecule is CCOC(=O)c1ccc(NS(=O)(=O)c2cc(OCC(N)=O)c(C)cc2Cl)cc1. The van der Waals surface area contributed by atoms with Crippen LogP contribution in [0.4, 0.5) is 5.69 Å². The number of halogens is 1. The van der Waals surface area contributed by atoms with Crippen molar-refractivity contribution in [1.29, 1.82) is 0 Å². The van der Waals surface area contributed by atoms with E-state index in [1.807, 2.05) is 0 Å². The van der Waals surface area contributed by atoms with E-state index in [4.69, 9.17) is 26.8 Å². The number of ether oxygens (including phenoxy) is 2. The predicted octanol–water partition coefficient (Wildman–Crippen LogP) is 2.49. The zero-order valence-corrected chi connectivity index (χ0v) is 16.8. The van der Waals surface area contributed by atoms with E-state index in [0.29, 0.717) is 11.1 Å². The molecular weight excluding hydrogens is 408 g/mol. The zero-order valence-electron chi connectivity index (χ0n) is 15.2. The van der Waals surface area contributed by atoms with E-state index in [-0.39, 0.29) is 28.0 Å². The molecule has 0 aromatic heterocycles. The molecule has 0 fully saturated rings. The lowest BCUT2D eigenvalue weighted by Crippen LogP contribution is -2.20. The van der Waals surface area contributed by atoms with Crippen LogP contribution in [0.5, 0.6) is 5.75 Å². The summed E-state index contributed by atoms with van der Waals surface area (Å²) in [6.45, 7) is 3.18. The zero-order chi connectivity index (χ0) is 20.9. The largest absolute Gasteiger partial charge is 0.483 e. The smallest absolute Gasteiger partial charge is 0.338 e. The minimum atomic E-state index is -4.06. The first-order valence-electron chi connectivity index (χ1n) is 8.15. The Labute approximate surface area is 167 Å². The molecule has 2 rings (SSSR count). The number of anilines is 1. The minimum absolute atomic E-state index is 0.0143. The molecule has 8 nitrogen and oxygen atoms in total. The topological polar surface area (TPSA) is 125 Å². The highest BCUT2D eigenvalue weighted by Gasteiger charge is 2.21. The molecule has 0 spiro atoms. The number of carbonyl (C=O) groups is 2. The molecule has 10 heteroatoms. The molecule has 2 aromatic rings. The van der Waals surface area contributed by atoms with Gasteiger partial charge in [0.25, 0.3) is 15.9 Å². The summed E-state index contributed by atoms with van der Waals surface area (Å²) in [5.41, 5.74) is 6.11. The Hall–Kier alpha value is -2.78. The Morgan fingerprint density at radius 2 is 1.82 bits per heavy atom. The van der Waals surface area contributed by atoms with Gasteiger partial charge in [-0.1, -0.05) is 11.6 Å². The van der Waals surface area contributed by atoms with Crippen molar-refractivity contribution in [2.75, 3.05) is 17.9 Å². The van der Waals surface area contributed by atoms with Crippen LogP contribution in [0.25, 0.3) is 0 Å². The number of sulfonamides is 1. The van der Waals surface area contributed by atoms with Crippen molar-refractivity contribution in [2.45, 2.75) is 18.7 Å². The lowest BCUT2D eigenvalue weighted by atomic mass is 10.2. The molecule has 0 atom stereocenters. The number of esters is 1. The fourth-order valence-corrected chi connectivity index (χ4v) is 3.90. The van der Waals surface area contributed by atoms with Crippen molar-refractivity contribution in [1.82, 2.24) is 0 Å². The number of benzene rings is 2. The number of hydrogen-bond donors (Lipinski definition) is 2. The number of rotatable bonds is 8. The third kappa shape index (κ3) is 5.37. The highest BCUT2D eigenvalue weighted by Crippen LogP contribution is 2.31. The summed E-state index contributed by atoms with van der Waals surface area (Å²) >= 11 is 6.09. The van der Waals surface area contributed by atoms with E-state index in [0.717, 1.165) is 0 Å². The van der Waals surface area contributed by atoms with E-state index in [1.165, 1.54) is 36.4 Å². The van der Waals surface area contributed by atoms with Crippen molar-refractivity contribution < 1.29 is 27.5 Å². The summed E-state index contributed by atoms with van der Waals surface area (Å²) in [5.74, 6) is -1.03. The first-order valence-corrected chi connectivity index (χ1v) is 10.0. The molecule has 28 heavy (non-hydrogen) atoms. The second-order valence-electron chi connectivity index (χ2n) is 5.71. The lowest BCUT2D eigenvalue weighted by Gasteiger charge is -2.14. The van der Waals surface area contributed by atoms with E-state index in [1.54, 1.807) is 13.8 Å². The number of aryl methyl sites for hydroxylation is 1. The Bertz CT molecular complexity index is 990. The quantitative estimate of drug-likeness (QED) is 0.625. The molecule has 3 N–H and O–H groups in total. The van der Waals surface area contributed by atoms with Gasteiger partial charge >= 0.3 is 5.97 Å². The molecule has 0 saturated carbocycles. The number of primary amides is 1. The Morgan fingerprint density at radius 1 is 1.18 bits per heavy atom. The number of nitrogens with two attached hydrogens (primary N) is 1. The summed E-state index contributed by atoms with van der Waals surface area (Å²) < 4.78 is 37.9. The summed E-state index contributed by atoms with van der Waals surface area (Å²) in [6, 6.07) is 8.36. The van der Waals surface area contributed by atoms with Gasteiger partial charge in [-0.25, -0.2) is 13.2 Å². The van der Waals surface area contributed by atoms with Crippen molar-refractivity contribution in [3.63, 3.8) is 0 Å². The maximum absolute atomic E-state index is 12.7. The monoisotopic (exact) mass is 426 g/mol. The van der Waals surface area contributed by atoms with Gasteiger partial charge in [0, 0.05) is 11.8 Å². The molecular formula is C18H19ClN2O6S. The van der Waals surface area contributed by atoms with Crippen molar-refractivity contribution in [3.8, 4) is 5.75 Å². The van der Waals surface area contributed by atoms with E-state index in [9.17, 15) is 18.0 Å². The summed E-state index contributed by atoms with van der Waals surface area (Å²) in [6.07, 6.45) is 0. The van der Waals surface area contributed by atoms with Gasteiger partial charge in [-0.05, 0) is 49.7 Å². The van der Waals surface area contributed by atoms with Gasteiger partial charge in [-0.2, -0.15) is 0 Å². The van der Waals surface area contributed by atoms with Crippen LogP contribution in [-0.2, 0) is 19.6 Å². The maximum atomic E-state index is 12.7. The molecule has 0 aliphatic rings.